The number of rotatable bonds is 4. The summed E-state index contributed by atoms with van der Waals surface area (Å²) in [6.07, 6.45) is 7.74. The summed E-state index contributed by atoms with van der Waals surface area (Å²) in [7, 11) is 1.80. The van der Waals surface area contributed by atoms with Crippen molar-refractivity contribution in [2.75, 3.05) is 25.0 Å². The molecule has 1 aromatic carbocycles. The fourth-order valence-corrected chi connectivity index (χ4v) is 5.19. The Kier molecular flexibility index (Phi) is 5.19. The van der Waals surface area contributed by atoms with Gasteiger partial charge in [0.25, 0.3) is 5.91 Å². The normalized spacial score (nSPS) is 19.6. The van der Waals surface area contributed by atoms with Crippen molar-refractivity contribution in [3.8, 4) is 0 Å². The molecule has 7 heteroatoms. The van der Waals surface area contributed by atoms with Crippen molar-refractivity contribution in [2.45, 2.75) is 44.1 Å². The predicted octanol–water partition coefficient (Wildman–Crippen LogP) is 2.65. The van der Waals surface area contributed by atoms with Crippen LogP contribution in [0.4, 0.5) is 5.69 Å². The molecule has 0 radical (unpaired) electrons. The fourth-order valence-electron chi connectivity index (χ4n) is 5.19. The molecule has 1 saturated carbocycles. The van der Waals surface area contributed by atoms with Gasteiger partial charge in [-0.05, 0) is 61.1 Å². The highest BCUT2D eigenvalue weighted by molar-refractivity contribution is 6.09. The first-order chi connectivity index (χ1) is 15.5. The lowest BCUT2D eigenvalue weighted by molar-refractivity contribution is -0.141. The van der Waals surface area contributed by atoms with E-state index in [4.69, 9.17) is 0 Å². The lowest BCUT2D eigenvalue weighted by Crippen LogP contribution is -2.51. The van der Waals surface area contributed by atoms with Gasteiger partial charge in [-0.3, -0.25) is 19.4 Å². The van der Waals surface area contributed by atoms with Crippen molar-refractivity contribution in [1.82, 2.24) is 15.2 Å². The van der Waals surface area contributed by atoms with Crippen molar-refractivity contribution >= 4 is 23.4 Å². The summed E-state index contributed by atoms with van der Waals surface area (Å²) in [6, 6.07) is 9.27. The molecule has 166 valence electrons. The Balaban J connectivity index is 1.35. The minimum atomic E-state index is -0.653. The van der Waals surface area contributed by atoms with E-state index in [0.29, 0.717) is 38.0 Å². The second-order valence-corrected chi connectivity index (χ2v) is 9.18. The Labute approximate surface area is 187 Å². The highest BCUT2D eigenvalue weighted by Gasteiger charge is 2.52. The van der Waals surface area contributed by atoms with E-state index in [9.17, 15) is 14.4 Å². The number of likely N-dealkylation sites (N-methyl/N-ethyl adjacent to an activating group) is 1. The van der Waals surface area contributed by atoms with Crippen LogP contribution in [0.2, 0.25) is 0 Å². The molecule has 1 aliphatic carbocycles. The number of hydrogen-bond donors (Lipinski definition) is 1. The van der Waals surface area contributed by atoms with Crippen molar-refractivity contribution in [3.63, 3.8) is 0 Å². The van der Waals surface area contributed by atoms with Gasteiger partial charge in [-0.15, -0.1) is 0 Å². The van der Waals surface area contributed by atoms with Crippen molar-refractivity contribution in [2.24, 2.45) is 5.92 Å². The zero-order valence-corrected chi connectivity index (χ0v) is 18.3. The molecule has 2 fully saturated rings. The van der Waals surface area contributed by atoms with E-state index in [-0.39, 0.29) is 23.6 Å². The van der Waals surface area contributed by atoms with Gasteiger partial charge in [0, 0.05) is 56.2 Å². The van der Waals surface area contributed by atoms with Crippen LogP contribution in [0.5, 0.6) is 0 Å². The van der Waals surface area contributed by atoms with E-state index < -0.39 is 5.41 Å². The van der Waals surface area contributed by atoms with Crippen LogP contribution in [-0.4, -0.2) is 47.7 Å². The molecule has 0 unspecified atom stereocenters. The molecular weight excluding hydrogens is 404 g/mol. The van der Waals surface area contributed by atoms with E-state index >= 15 is 0 Å². The van der Waals surface area contributed by atoms with Crippen LogP contribution in [0.3, 0.4) is 0 Å². The smallest absolute Gasteiger partial charge is 0.251 e. The number of pyridine rings is 1. The Hall–Kier alpha value is -3.22. The molecule has 2 aromatic rings. The van der Waals surface area contributed by atoms with E-state index in [2.05, 4.69) is 10.3 Å². The molecule has 3 aliphatic rings. The van der Waals surface area contributed by atoms with E-state index in [1.165, 1.54) is 0 Å². The first-order valence-corrected chi connectivity index (χ1v) is 11.4. The van der Waals surface area contributed by atoms with Gasteiger partial charge in [-0.1, -0.05) is 12.5 Å². The molecule has 1 saturated heterocycles. The van der Waals surface area contributed by atoms with Crippen LogP contribution < -0.4 is 10.2 Å². The number of fused-ring (bicyclic) bond motifs is 2. The van der Waals surface area contributed by atoms with Gasteiger partial charge in [0.15, 0.2) is 0 Å². The largest absolute Gasteiger partial charge is 0.348 e. The molecule has 0 atom stereocenters. The lowest BCUT2D eigenvalue weighted by atomic mass is 9.72. The van der Waals surface area contributed by atoms with E-state index in [1.54, 1.807) is 30.4 Å². The number of amides is 3. The summed E-state index contributed by atoms with van der Waals surface area (Å²) in [6.45, 7) is 1.57. The molecule has 3 heterocycles. The average Bonchev–Trinajstić information content (AvgIpc) is 2.99. The zero-order chi connectivity index (χ0) is 22.3. The van der Waals surface area contributed by atoms with Crippen LogP contribution in [-0.2, 0) is 21.5 Å². The monoisotopic (exact) mass is 432 g/mol. The van der Waals surface area contributed by atoms with Gasteiger partial charge in [0.2, 0.25) is 11.8 Å². The van der Waals surface area contributed by atoms with E-state index in [0.717, 1.165) is 36.1 Å². The minimum Gasteiger partial charge on any atom is -0.348 e. The van der Waals surface area contributed by atoms with Crippen LogP contribution in [0.1, 0.15) is 53.6 Å². The number of benzene rings is 1. The number of nitrogens with zero attached hydrogens (tertiary/aromatic N) is 3. The number of hydrogen-bond acceptors (Lipinski definition) is 4. The van der Waals surface area contributed by atoms with Gasteiger partial charge >= 0.3 is 0 Å². The molecule has 3 amide bonds. The maximum atomic E-state index is 13.3. The maximum Gasteiger partial charge on any atom is 0.251 e. The van der Waals surface area contributed by atoms with Crippen LogP contribution in [0.15, 0.2) is 42.7 Å². The SMILES string of the molecule is CN1C(=O)C2(CCN(C(=O)C3CCC3)CC2)c2cc(C(=O)NCc3cccnc3)ccc21. The summed E-state index contributed by atoms with van der Waals surface area (Å²) < 4.78 is 0. The molecule has 5 rings (SSSR count). The summed E-state index contributed by atoms with van der Waals surface area (Å²) in [5.74, 6) is 0.310. The van der Waals surface area contributed by atoms with Gasteiger partial charge in [-0.2, -0.15) is 0 Å². The Morgan fingerprint density at radius 2 is 1.97 bits per heavy atom. The highest BCUT2D eigenvalue weighted by Crippen LogP contribution is 2.48. The van der Waals surface area contributed by atoms with Crippen molar-refractivity contribution in [3.05, 3.63) is 59.4 Å². The number of anilines is 1. The van der Waals surface area contributed by atoms with Crippen LogP contribution in [0.25, 0.3) is 0 Å². The third-order valence-electron chi connectivity index (χ3n) is 7.41. The second kappa shape index (κ2) is 8.04. The zero-order valence-electron chi connectivity index (χ0n) is 18.3. The highest BCUT2D eigenvalue weighted by atomic mass is 16.2. The average molecular weight is 433 g/mol. The van der Waals surface area contributed by atoms with Crippen molar-refractivity contribution in [1.29, 1.82) is 0 Å². The quantitative estimate of drug-likeness (QED) is 0.805. The number of piperidine rings is 1. The van der Waals surface area contributed by atoms with Crippen LogP contribution >= 0.6 is 0 Å². The van der Waals surface area contributed by atoms with Crippen LogP contribution in [0, 0.1) is 5.92 Å². The molecule has 32 heavy (non-hydrogen) atoms. The molecule has 1 N–H and O–H groups in total. The van der Waals surface area contributed by atoms with E-state index in [1.807, 2.05) is 29.2 Å². The Morgan fingerprint density at radius 3 is 2.62 bits per heavy atom. The second-order valence-electron chi connectivity index (χ2n) is 9.18. The number of carbonyl (C=O) groups is 3. The Bertz CT molecular complexity index is 1060. The maximum absolute atomic E-state index is 13.3. The first-order valence-electron chi connectivity index (χ1n) is 11.4. The summed E-state index contributed by atoms with van der Waals surface area (Å²) >= 11 is 0. The summed E-state index contributed by atoms with van der Waals surface area (Å²) in [5, 5.41) is 2.94. The molecule has 2 aliphatic heterocycles. The lowest BCUT2D eigenvalue weighted by Gasteiger charge is -2.40. The van der Waals surface area contributed by atoms with Crippen molar-refractivity contribution < 1.29 is 14.4 Å². The number of carbonyl (C=O) groups excluding carboxylic acids is 3. The van der Waals surface area contributed by atoms with Gasteiger partial charge < -0.3 is 15.1 Å². The minimum absolute atomic E-state index is 0.0659. The molecular formula is C25H28N4O3. The summed E-state index contributed by atoms with van der Waals surface area (Å²) in [4.78, 5) is 46.5. The van der Waals surface area contributed by atoms with Gasteiger partial charge in [0.1, 0.15) is 0 Å². The number of nitrogens with one attached hydrogen (secondary N) is 1. The van der Waals surface area contributed by atoms with Gasteiger partial charge in [0.05, 0.1) is 5.41 Å². The number of likely N-dealkylation sites (tertiary alicyclic amines) is 1. The third-order valence-corrected chi connectivity index (χ3v) is 7.41. The van der Waals surface area contributed by atoms with Gasteiger partial charge in [-0.25, -0.2) is 0 Å². The molecule has 7 nitrogen and oxygen atoms in total. The topological polar surface area (TPSA) is 82.6 Å². The predicted molar refractivity (Wildman–Crippen MR) is 120 cm³/mol. The molecule has 1 aromatic heterocycles. The summed E-state index contributed by atoms with van der Waals surface area (Å²) in [5.41, 5.74) is 2.59. The number of aromatic nitrogens is 1. The molecule has 0 bridgehead atoms. The Morgan fingerprint density at radius 1 is 1.19 bits per heavy atom. The third kappa shape index (κ3) is 3.36. The first kappa shape index (κ1) is 20.7. The fraction of sp³-hybridized carbons (Fsp3) is 0.440. The molecule has 1 spiro atoms. The standard InChI is InChI=1S/C25H28N4O3/c1-28-21-8-7-19(22(30)27-16-17-4-3-11-26-15-17)14-20(21)25(24(28)32)9-12-29(13-10-25)23(31)18-5-2-6-18/h3-4,7-8,11,14-15,18H,2,5-6,9-10,12-13,16H2,1H3,(H,27,30).